The van der Waals surface area contributed by atoms with Gasteiger partial charge in [-0.25, -0.2) is 4.79 Å². The number of esters is 1. The summed E-state index contributed by atoms with van der Waals surface area (Å²) in [7, 11) is 1.28. The van der Waals surface area contributed by atoms with E-state index in [9.17, 15) is 19.2 Å². The fourth-order valence-electron chi connectivity index (χ4n) is 3.04. The number of nitrogens with one attached hydrogen (secondary N) is 3. The molecule has 0 spiro atoms. The lowest BCUT2D eigenvalue weighted by Crippen LogP contribution is -2.48. The molecule has 0 radical (unpaired) electrons. The summed E-state index contributed by atoms with van der Waals surface area (Å²) in [6.45, 7) is 0. The van der Waals surface area contributed by atoms with Gasteiger partial charge in [0.1, 0.15) is 6.04 Å². The lowest BCUT2D eigenvalue weighted by molar-refractivity contribution is -0.137. The van der Waals surface area contributed by atoms with Crippen LogP contribution in [0, 0.1) is 0 Å². The van der Waals surface area contributed by atoms with Crippen molar-refractivity contribution in [1.29, 1.82) is 0 Å². The highest BCUT2D eigenvalue weighted by Gasteiger charge is 2.25. The molecule has 0 aliphatic rings. The molecular weight excluding hydrogens is 458 g/mol. The van der Waals surface area contributed by atoms with Gasteiger partial charge in [-0.3, -0.25) is 14.4 Å². The van der Waals surface area contributed by atoms with E-state index in [1.807, 2.05) is 30.3 Å². The maximum absolute atomic E-state index is 13.0. The third-order valence-corrected chi connectivity index (χ3v) is 5.04. The molecule has 0 saturated heterocycles. The van der Waals surface area contributed by atoms with Crippen LogP contribution in [-0.2, 0) is 25.5 Å². The molecular formula is C25H22ClN3O5. The van der Waals surface area contributed by atoms with Crippen molar-refractivity contribution in [1.82, 2.24) is 5.32 Å². The van der Waals surface area contributed by atoms with Gasteiger partial charge in [-0.1, -0.05) is 41.9 Å². The zero-order valence-corrected chi connectivity index (χ0v) is 19.0. The molecule has 0 bridgehead atoms. The van der Waals surface area contributed by atoms with Gasteiger partial charge in [0, 0.05) is 22.8 Å². The number of ether oxygens (including phenoxy) is 1. The molecule has 34 heavy (non-hydrogen) atoms. The molecule has 1 atom stereocenters. The summed E-state index contributed by atoms with van der Waals surface area (Å²) < 4.78 is 4.66. The van der Waals surface area contributed by atoms with E-state index in [0.717, 1.165) is 5.56 Å². The van der Waals surface area contributed by atoms with Gasteiger partial charge in [0.2, 0.25) is 5.91 Å². The second kappa shape index (κ2) is 11.6. The molecule has 0 saturated carbocycles. The van der Waals surface area contributed by atoms with Crippen molar-refractivity contribution in [2.75, 3.05) is 17.7 Å². The molecule has 0 heterocycles. The fraction of sp³-hybridized carbons (Fsp3) is 0.120. The predicted octanol–water partition coefficient (Wildman–Crippen LogP) is 3.43. The Hall–Kier alpha value is -4.17. The van der Waals surface area contributed by atoms with E-state index in [2.05, 4.69) is 20.7 Å². The SMILES string of the molecule is COC(=O)c1ccc(NC(=O)[C@H](Cc2ccccc2)NC(=O)C(=O)Nc2ccc(Cl)cc2)cc1. The lowest BCUT2D eigenvalue weighted by atomic mass is 10.0. The molecule has 3 aromatic carbocycles. The molecule has 8 nitrogen and oxygen atoms in total. The van der Waals surface area contributed by atoms with Crippen LogP contribution in [0.1, 0.15) is 15.9 Å². The standard InChI is InChI=1S/C25H22ClN3O5/c1-34-25(33)17-7-11-19(12-8-17)27-22(30)21(15-16-5-3-2-4-6-16)29-24(32)23(31)28-20-13-9-18(26)10-14-20/h2-14,21H,15H2,1H3,(H,27,30)(H,28,31)(H,29,32)/t21-/m0/s1. The summed E-state index contributed by atoms with van der Waals surface area (Å²) >= 11 is 5.83. The zero-order chi connectivity index (χ0) is 24.5. The van der Waals surface area contributed by atoms with Crippen LogP contribution < -0.4 is 16.0 Å². The number of benzene rings is 3. The summed E-state index contributed by atoms with van der Waals surface area (Å²) in [4.78, 5) is 49.5. The quantitative estimate of drug-likeness (QED) is 0.355. The first-order valence-electron chi connectivity index (χ1n) is 10.3. The number of hydrogen-bond acceptors (Lipinski definition) is 5. The number of hydrogen-bond donors (Lipinski definition) is 3. The van der Waals surface area contributed by atoms with Gasteiger partial charge in [0.15, 0.2) is 0 Å². The highest BCUT2D eigenvalue weighted by molar-refractivity contribution is 6.40. The molecule has 3 N–H and O–H groups in total. The maximum Gasteiger partial charge on any atom is 0.337 e. The Morgan fingerprint density at radius 1 is 0.794 bits per heavy atom. The molecule has 3 rings (SSSR count). The maximum atomic E-state index is 13.0. The van der Waals surface area contributed by atoms with E-state index in [-0.39, 0.29) is 6.42 Å². The first kappa shape index (κ1) is 24.5. The van der Waals surface area contributed by atoms with Gasteiger partial charge in [-0.2, -0.15) is 0 Å². The molecule has 174 valence electrons. The first-order chi connectivity index (χ1) is 16.4. The number of methoxy groups -OCH3 is 1. The predicted molar refractivity (Wildman–Crippen MR) is 129 cm³/mol. The van der Waals surface area contributed by atoms with E-state index < -0.39 is 29.7 Å². The van der Waals surface area contributed by atoms with Crippen LogP contribution in [-0.4, -0.2) is 36.8 Å². The van der Waals surface area contributed by atoms with E-state index >= 15 is 0 Å². The summed E-state index contributed by atoms with van der Waals surface area (Å²) in [6, 6.07) is 20.4. The molecule has 0 aliphatic carbocycles. The van der Waals surface area contributed by atoms with E-state index in [1.54, 1.807) is 36.4 Å². The van der Waals surface area contributed by atoms with E-state index in [4.69, 9.17) is 11.6 Å². The minimum atomic E-state index is -1.04. The van der Waals surface area contributed by atoms with Crippen LogP contribution >= 0.6 is 11.6 Å². The number of carbonyl (C=O) groups excluding carboxylic acids is 4. The molecule has 0 fully saturated rings. The average molecular weight is 480 g/mol. The third kappa shape index (κ3) is 6.91. The van der Waals surface area contributed by atoms with Crippen molar-refractivity contribution in [2.45, 2.75) is 12.5 Å². The van der Waals surface area contributed by atoms with Gasteiger partial charge in [-0.05, 0) is 54.1 Å². The molecule has 3 amide bonds. The highest BCUT2D eigenvalue weighted by atomic mass is 35.5. The Morgan fingerprint density at radius 2 is 1.38 bits per heavy atom. The Balaban J connectivity index is 1.71. The van der Waals surface area contributed by atoms with Crippen molar-refractivity contribution in [3.05, 3.63) is 95.0 Å². The van der Waals surface area contributed by atoms with Crippen LogP contribution in [0.5, 0.6) is 0 Å². The number of amides is 3. The van der Waals surface area contributed by atoms with Gasteiger partial charge < -0.3 is 20.7 Å². The van der Waals surface area contributed by atoms with Crippen LogP contribution in [0.3, 0.4) is 0 Å². The van der Waals surface area contributed by atoms with Crippen molar-refractivity contribution in [2.24, 2.45) is 0 Å². The second-order valence-corrected chi connectivity index (χ2v) is 7.67. The Morgan fingerprint density at radius 3 is 2.00 bits per heavy atom. The van der Waals surface area contributed by atoms with Crippen LogP contribution in [0.15, 0.2) is 78.9 Å². The minimum absolute atomic E-state index is 0.160. The lowest BCUT2D eigenvalue weighted by Gasteiger charge is -2.18. The van der Waals surface area contributed by atoms with Gasteiger partial charge >= 0.3 is 17.8 Å². The largest absolute Gasteiger partial charge is 0.465 e. The smallest absolute Gasteiger partial charge is 0.337 e. The van der Waals surface area contributed by atoms with Gasteiger partial charge in [-0.15, -0.1) is 0 Å². The minimum Gasteiger partial charge on any atom is -0.465 e. The van der Waals surface area contributed by atoms with E-state index in [0.29, 0.717) is 22.0 Å². The van der Waals surface area contributed by atoms with E-state index in [1.165, 1.54) is 19.2 Å². The first-order valence-corrected chi connectivity index (χ1v) is 10.6. The average Bonchev–Trinajstić information content (AvgIpc) is 2.85. The third-order valence-electron chi connectivity index (χ3n) is 4.79. The summed E-state index contributed by atoms with van der Waals surface area (Å²) in [5.74, 6) is -2.91. The van der Waals surface area contributed by atoms with Crippen LogP contribution in [0.2, 0.25) is 5.02 Å². The van der Waals surface area contributed by atoms with Gasteiger partial charge in [0.05, 0.1) is 12.7 Å². The molecule has 3 aromatic rings. The number of anilines is 2. The Labute approximate surface area is 201 Å². The van der Waals surface area contributed by atoms with Crippen molar-refractivity contribution in [3.63, 3.8) is 0 Å². The van der Waals surface area contributed by atoms with Crippen LogP contribution in [0.25, 0.3) is 0 Å². The van der Waals surface area contributed by atoms with Crippen molar-refractivity contribution in [3.8, 4) is 0 Å². The van der Waals surface area contributed by atoms with Crippen molar-refractivity contribution >= 4 is 46.7 Å². The number of rotatable bonds is 7. The fourth-order valence-corrected chi connectivity index (χ4v) is 3.17. The topological polar surface area (TPSA) is 114 Å². The molecule has 9 heteroatoms. The molecule has 0 aromatic heterocycles. The molecule has 0 unspecified atom stereocenters. The molecule has 0 aliphatic heterocycles. The summed E-state index contributed by atoms with van der Waals surface area (Å²) in [6.07, 6.45) is 0.160. The number of carbonyl (C=O) groups is 4. The number of halogens is 1. The Bertz CT molecular complexity index is 1170. The van der Waals surface area contributed by atoms with Gasteiger partial charge in [0.25, 0.3) is 0 Å². The summed E-state index contributed by atoms with van der Waals surface area (Å²) in [5, 5.41) is 8.14. The van der Waals surface area contributed by atoms with Crippen LogP contribution in [0.4, 0.5) is 11.4 Å². The summed E-state index contributed by atoms with van der Waals surface area (Å²) in [5.41, 5.74) is 1.92. The Kier molecular flexibility index (Phi) is 8.37. The van der Waals surface area contributed by atoms with Crippen molar-refractivity contribution < 1.29 is 23.9 Å². The highest BCUT2D eigenvalue weighted by Crippen LogP contribution is 2.14. The monoisotopic (exact) mass is 479 g/mol. The second-order valence-electron chi connectivity index (χ2n) is 7.23. The normalized spacial score (nSPS) is 11.1. The zero-order valence-electron chi connectivity index (χ0n) is 18.2.